The van der Waals surface area contributed by atoms with Crippen molar-refractivity contribution in [2.45, 2.75) is 51.8 Å². The number of aryl methyl sites for hydroxylation is 2. The van der Waals surface area contributed by atoms with Crippen LogP contribution in [0.25, 0.3) is 0 Å². The van der Waals surface area contributed by atoms with Crippen molar-refractivity contribution in [1.82, 2.24) is 14.7 Å². The van der Waals surface area contributed by atoms with Crippen LogP contribution in [0.3, 0.4) is 0 Å². The van der Waals surface area contributed by atoms with E-state index in [0.717, 1.165) is 48.6 Å². The van der Waals surface area contributed by atoms with E-state index in [0.29, 0.717) is 6.42 Å². The maximum atomic E-state index is 13.0. The summed E-state index contributed by atoms with van der Waals surface area (Å²) in [7, 11) is 0. The fourth-order valence-corrected chi connectivity index (χ4v) is 3.88. The Morgan fingerprint density at radius 2 is 2.17 bits per heavy atom. The fraction of sp³-hybridized carbons (Fsp3) is 0.474. The Hall–Kier alpha value is -2.30. The Kier molecular flexibility index (Phi) is 3.79. The average Bonchev–Trinajstić information content (AvgIpc) is 3.26. The lowest BCUT2D eigenvalue weighted by molar-refractivity contribution is -0.139. The number of fused-ring (bicyclic) bond motifs is 1. The topological polar surface area (TPSA) is 47.4 Å². The summed E-state index contributed by atoms with van der Waals surface area (Å²) in [5.41, 5.74) is 3.31. The van der Waals surface area contributed by atoms with Crippen LogP contribution >= 0.6 is 0 Å². The second-order valence-electron chi connectivity index (χ2n) is 6.86. The van der Waals surface area contributed by atoms with E-state index in [1.807, 2.05) is 40.8 Å². The van der Waals surface area contributed by atoms with Crippen LogP contribution in [-0.4, -0.2) is 39.3 Å². The van der Waals surface area contributed by atoms with E-state index >= 15 is 0 Å². The number of hydrogen-bond acceptors (Lipinski definition) is 3. The van der Waals surface area contributed by atoms with Gasteiger partial charge in [0.25, 0.3) is 5.91 Å². The summed E-state index contributed by atoms with van der Waals surface area (Å²) in [6.45, 7) is 5.66. The third-order valence-electron chi connectivity index (χ3n) is 5.07. The lowest BCUT2D eigenvalue weighted by Gasteiger charge is -2.27. The van der Waals surface area contributed by atoms with Gasteiger partial charge in [0, 0.05) is 18.7 Å². The molecule has 1 amide bonds. The average molecular weight is 325 g/mol. The normalized spacial score (nSPS) is 22.5. The molecule has 5 nitrogen and oxygen atoms in total. The highest BCUT2D eigenvalue weighted by Crippen LogP contribution is 2.30. The first-order valence-electron chi connectivity index (χ1n) is 8.68. The van der Waals surface area contributed by atoms with E-state index in [9.17, 15) is 4.79 Å². The third kappa shape index (κ3) is 2.68. The number of amides is 1. The molecule has 1 fully saturated rings. The quantitative estimate of drug-likeness (QED) is 0.871. The summed E-state index contributed by atoms with van der Waals surface area (Å²) in [4.78, 5) is 15.0. The zero-order valence-corrected chi connectivity index (χ0v) is 14.2. The number of benzene rings is 1. The molecule has 126 valence electrons. The van der Waals surface area contributed by atoms with Crippen LogP contribution < -0.4 is 4.74 Å². The lowest BCUT2D eigenvalue weighted by atomic mass is 10.1. The predicted octanol–water partition coefficient (Wildman–Crippen LogP) is 2.49. The zero-order chi connectivity index (χ0) is 16.7. The van der Waals surface area contributed by atoms with E-state index in [2.05, 4.69) is 18.1 Å². The molecule has 1 saturated heterocycles. The van der Waals surface area contributed by atoms with Crippen LogP contribution in [0, 0.1) is 13.8 Å². The summed E-state index contributed by atoms with van der Waals surface area (Å²) in [5, 5.41) is 4.54. The van der Waals surface area contributed by atoms with E-state index in [-0.39, 0.29) is 18.1 Å². The molecule has 2 atom stereocenters. The number of likely N-dealkylation sites (tertiary alicyclic amines) is 1. The van der Waals surface area contributed by atoms with Gasteiger partial charge >= 0.3 is 0 Å². The van der Waals surface area contributed by atoms with Gasteiger partial charge in [-0.1, -0.05) is 18.2 Å². The summed E-state index contributed by atoms with van der Waals surface area (Å²) < 4.78 is 7.92. The van der Waals surface area contributed by atoms with Gasteiger partial charge in [0.1, 0.15) is 5.75 Å². The first kappa shape index (κ1) is 15.2. The largest absolute Gasteiger partial charge is 0.480 e. The lowest BCUT2D eigenvalue weighted by Crippen LogP contribution is -2.45. The van der Waals surface area contributed by atoms with Gasteiger partial charge in [-0.15, -0.1) is 0 Å². The van der Waals surface area contributed by atoms with Crippen molar-refractivity contribution in [1.29, 1.82) is 0 Å². The molecule has 4 rings (SSSR count). The van der Waals surface area contributed by atoms with E-state index < -0.39 is 0 Å². The molecule has 0 spiro atoms. The number of carbonyl (C=O) groups excluding carboxylic acids is 1. The van der Waals surface area contributed by atoms with Crippen molar-refractivity contribution >= 4 is 5.91 Å². The van der Waals surface area contributed by atoms with Gasteiger partial charge in [0.15, 0.2) is 6.10 Å². The number of para-hydroxylation sites is 1. The van der Waals surface area contributed by atoms with Crippen molar-refractivity contribution in [3.8, 4) is 5.75 Å². The van der Waals surface area contributed by atoms with Gasteiger partial charge < -0.3 is 9.64 Å². The molecule has 2 aliphatic rings. The first-order valence-corrected chi connectivity index (χ1v) is 8.68. The van der Waals surface area contributed by atoms with Gasteiger partial charge in [-0.3, -0.25) is 9.48 Å². The Bertz CT molecular complexity index is 743. The van der Waals surface area contributed by atoms with E-state index in [1.165, 1.54) is 0 Å². The Morgan fingerprint density at radius 1 is 1.33 bits per heavy atom. The standard InChI is InChI=1S/C19H23N3O2/c1-13-10-14(2)22(20-13)12-16-7-5-9-21(16)19(23)18-11-15-6-3-4-8-17(15)24-18/h3-4,6,8,10,16,18H,5,7,9,11-12H2,1-2H3/t16-,18-/m0/s1. The Balaban J connectivity index is 1.47. The Labute approximate surface area is 142 Å². The molecule has 1 aromatic heterocycles. The highest BCUT2D eigenvalue weighted by Gasteiger charge is 2.37. The molecular weight excluding hydrogens is 302 g/mol. The van der Waals surface area contributed by atoms with Gasteiger partial charge in [-0.2, -0.15) is 5.10 Å². The van der Waals surface area contributed by atoms with Gasteiger partial charge in [0.05, 0.1) is 18.3 Å². The summed E-state index contributed by atoms with van der Waals surface area (Å²) in [5.74, 6) is 0.973. The number of carbonyl (C=O) groups is 1. The molecule has 0 N–H and O–H groups in total. The minimum absolute atomic E-state index is 0.121. The molecule has 0 bridgehead atoms. The van der Waals surface area contributed by atoms with Crippen molar-refractivity contribution in [3.63, 3.8) is 0 Å². The molecular formula is C19H23N3O2. The molecule has 0 radical (unpaired) electrons. The Morgan fingerprint density at radius 3 is 2.92 bits per heavy atom. The van der Waals surface area contributed by atoms with Gasteiger partial charge in [0.2, 0.25) is 0 Å². The zero-order valence-electron chi connectivity index (χ0n) is 14.2. The number of nitrogens with zero attached hydrogens (tertiary/aromatic N) is 3. The number of ether oxygens (including phenoxy) is 1. The van der Waals surface area contributed by atoms with Crippen molar-refractivity contribution in [2.75, 3.05) is 6.54 Å². The minimum atomic E-state index is -0.372. The minimum Gasteiger partial charge on any atom is -0.480 e. The molecule has 3 heterocycles. The number of hydrogen-bond donors (Lipinski definition) is 0. The van der Waals surface area contributed by atoms with Crippen molar-refractivity contribution in [2.24, 2.45) is 0 Å². The molecule has 0 unspecified atom stereocenters. The number of aromatic nitrogens is 2. The molecule has 1 aromatic carbocycles. The smallest absolute Gasteiger partial charge is 0.264 e. The second kappa shape index (κ2) is 5.96. The molecule has 0 aliphatic carbocycles. The highest BCUT2D eigenvalue weighted by molar-refractivity contribution is 5.83. The maximum Gasteiger partial charge on any atom is 0.264 e. The van der Waals surface area contributed by atoms with Crippen molar-refractivity contribution in [3.05, 3.63) is 47.3 Å². The molecule has 2 aromatic rings. The second-order valence-corrected chi connectivity index (χ2v) is 6.86. The first-order chi connectivity index (χ1) is 11.6. The molecule has 0 saturated carbocycles. The monoisotopic (exact) mass is 325 g/mol. The molecule has 5 heteroatoms. The van der Waals surface area contributed by atoms with Gasteiger partial charge in [-0.05, 0) is 44.4 Å². The number of rotatable bonds is 3. The van der Waals surface area contributed by atoms with Crippen LogP contribution in [0.1, 0.15) is 29.8 Å². The van der Waals surface area contributed by atoms with Crippen LogP contribution in [-0.2, 0) is 17.8 Å². The maximum absolute atomic E-state index is 13.0. The third-order valence-corrected chi connectivity index (χ3v) is 5.07. The molecule has 24 heavy (non-hydrogen) atoms. The SMILES string of the molecule is Cc1cc(C)n(C[C@@H]2CCCN2C(=O)[C@@H]2Cc3ccccc3O2)n1. The van der Waals surface area contributed by atoms with E-state index in [4.69, 9.17) is 4.74 Å². The van der Waals surface area contributed by atoms with Crippen LogP contribution in [0.4, 0.5) is 0 Å². The summed E-state index contributed by atoms with van der Waals surface area (Å²) >= 11 is 0. The van der Waals surface area contributed by atoms with Gasteiger partial charge in [-0.25, -0.2) is 0 Å². The predicted molar refractivity (Wildman–Crippen MR) is 91.0 cm³/mol. The van der Waals surface area contributed by atoms with Crippen LogP contribution in [0.15, 0.2) is 30.3 Å². The van der Waals surface area contributed by atoms with Crippen molar-refractivity contribution < 1.29 is 9.53 Å². The van der Waals surface area contributed by atoms with Crippen LogP contribution in [0.5, 0.6) is 5.75 Å². The summed E-state index contributed by atoms with van der Waals surface area (Å²) in [6, 6.07) is 10.2. The highest BCUT2D eigenvalue weighted by atomic mass is 16.5. The van der Waals surface area contributed by atoms with E-state index in [1.54, 1.807) is 0 Å². The van der Waals surface area contributed by atoms with Crippen LogP contribution in [0.2, 0.25) is 0 Å². The molecule has 2 aliphatic heterocycles. The summed E-state index contributed by atoms with van der Waals surface area (Å²) in [6.07, 6.45) is 2.39. The fourth-order valence-electron chi connectivity index (χ4n) is 3.88.